The highest BCUT2D eigenvalue weighted by Crippen LogP contribution is 2.32. The van der Waals surface area contributed by atoms with E-state index < -0.39 is 23.5 Å². The first-order valence-corrected chi connectivity index (χ1v) is 9.72. The molecule has 1 aliphatic heterocycles. The molecule has 154 valence electrons. The molecule has 28 heavy (non-hydrogen) atoms. The van der Waals surface area contributed by atoms with Gasteiger partial charge in [0, 0.05) is 30.6 Å². The SMILES string of the molecule is O=C(NC1CCN(C(=O)c2ccc(F)c(C(F)(F)F)c2)CC1)C1CCCCC1. The van der Waals surface area contributed by atoms with Crippen LogP contribution in [0.4, 0.5) is 17.6 Å². The third-order valence-corrected chi connectivity index (χ3v) is 5.62. The first kappa shape index (κ1) is 20.6. The molecule has 0 bridgehead atoms. The van der Waals surface area contributed by atoms with Gasteiger partial charge in [0.1, 0.15) is 5.82 Å². The van der Waals surface area contributed by atoms with Crippen molar-refractivity contribution in [3.8, 4) is 0 Å². The molecule has 0 aromatic heterocycles. The van der Waals surface area contributed by atoms with Gasteiger partial charge in [-0.05, 0) is 43.9 Å². The quantitative estimate of drug-likeness (QED) is 0.775. The van der Waals surface area contributed by atoms with E-state index in [0.717, 1.165) is 31.7 Å². The highest BCUT2D eigenvalue weighted by molar-refractivity contribution is 5.94. The van der Waals surface area contributed by atoms with Gasteiger partial charge in [-0.2, -0.15) is 13.2 Å². The van der Waals surface area contributed by atoms with Crippen molar-refractivity contribution in [1.82, 2.24) is 10.2 Å². The fourth-order valence-corrected chi connectivity index (χ4v) is 3.97. The molecule has 8 heteroatoms. The summed E-state index contributed by atoms with van der Waals surface area (Å²) in [5.74, 6) is -1.82. The third-order valence-electron chi connectivity index (χ3n) is 5.62. The van der Waals surface area contributed by atoms with Crippen LogP contribution in [-0.2, 0) is 11.0 Å². The average molecular weight is 400 g/mol. The number of nitrogens with zero attached hydrogens (tertiary/aromatic N) is 1. The lowest BCUT2D eigenvalue weighted by atomic mass is 9.88. The van der Waals surface area contributed by atoms with Gasteiger partial charge in [-0.1, -0.05) is 19.3 Å². The van der Waals surface area contributed by atoms with Crippen LogP contribution < -0.4 is 5.32 Å². The second-order valence-electron chi connectivity index (χ2n) is 7.60. The van der Waals surface area contributed by atoms with Crippen molar-refractivity contribution < 1.29 is 27.2 Å². The molecule has 0 atom stereocenters. The van der Waals surface area contributed by atoms with Gasteiger partial charge >= 0.3 is 6.18 Å². The van der Waals surface area contributed by atoms with Crippen LogP contribution in [0.1, 0.15) is 60.9 Å². The number of carbonyl (C=O) groups is 2. The van der Waals surface area contributed by atoms with Crippen LogP contribution in [0.3, 0.4) is 0 Å². The van der Waals surface area contributed by atoms with Gasteiger partial charge < -0.3 is 10.2 Å². The largest absolute Gasteiger partial charge is 0.419 e. The van der Waals surface area contributed by atoms with Gasteiger partial charge in [-0.3, -0.25) is 9.59 Å². The minimum absolute atomic E-state index is 0.0302. The van der Waals surface area contributed by atoms with Crippen LogP contribution in [-0.4, -0.2) is 35.8 Å². The molecule has 2 amide bonds. The predicted octanol–water partition coefficient (Wildman–Crippen LogP) is 4.15. The number of halogens is 4. The summed E-state index contributed by atoms with van der Waals surface area (Å²) in [7, 11) is 0. The maximum absolute atomic E-state index is 13.4. The van der Waals surface area contributed by atoms with Crippen LogP contribution in [0, 0.1) is 11.7 Å². The molecule has 1 aromatic rings. The molecular formula is C20H24F4N2O2. The van der Waals surface area contributed by atoms with Gasteiger partial charge in [-0.15, -0.1) is 0 Å². The first-order chi connectivity index (χ1) is 13.3. The topological polar surface area (TPSA) is 49.4 Å². The van der Waals surface area contributed by atoms with Crippen molar-refractivity contribution in [2.45, 2.75) is 57.2 Å². The van der Waals surface area contributed by atoms with Gasteiger partial charge in [0.25, 0.3) is 5.91 Å². The minimum Gasteiger partial charge on any atom is -0.353 e. The first-order valence-electron chi connectivity index (χ1n) is 9.72. The summed E-state index contributed by atoms with van der Waals surface area (Å²) in [5, 5.41) is 3.05. The van der Waals surface area contributed by atoms with Crippen LogP contribution in [0.25, 0.3) is 0 Å². The predicted molar refractivity (Wildman–Crippen MR) is 95.0 cm³/mol. The fraction of sp³-hybridized carbons (Fsp3) is 0.600. The van der Waals surface area contributed by atoms with E-state index in [1.165, 1.54) is 11.3 Å². The molecule has 2 aliphatic rings. The number of hydrogen-bond acceptors (Lipinski definition) is 2. The Morgan fingerprint density at radius 3 is 2.25 bits per heavy atom. The Labute approximate surface area is 161 Å². The molecule has 2 fully saturated rings. The van der Waals surface area contributed by atoms with Gasteiger partial charge in [0.05, 0.1) is 5.56 Å². The van der Waals surface area contributed by atoms with E-state index >= 15 is 0 Å². The van der Waals surface area contributed by atoms with Crippen LogP contribution in [0.5, 0.6) is 0 Å². The van der Waals surface area contributed by atoms with Crippen molar-refractivity contribution in [1.29, 1.82) is 0 Å². The van der Waals surface area contributed by atoms with E-state index in [0.29, 0.717) is 38.1 Å². The van der Waals surface area contributed by atoms with Crippen molar-refractivity contribution in [2.75, 3.05) is 13.1 Å². The Morgan fingerprint density at radius 2 is 1.64 bits per heavy atom. The zero-order valence-electron chi connectivity index (χ0n) is 15.5. The Hall–Kier alpha value is -2.12. The zero-order valence-corrected chi connectivity index (χ0v) is 15.5. The number of carbonyl (C=O) groups excluding carboxylic acids is 2. The summed E-state index contributed by atoms with van der Waals surface area (Å²) in [4.78, 5) is 26.3. The molecule has 3 rings (SSSR count). The lowest BCUT2D eigenvalue weighted by Crippen LogP contribution is -2.48. The lowest BCUT2D eigenvalue weighted by Gasteiger charge is -2.33. The molecule has 0 unspecified atom stereocenters. The molecule has 1 saturated heterocycles. The molecule has 1 aliphatic carbocycles. The van der Waals surface area contributed by atoms with E-state index in [-0.39, 0.29) is 23.4 Å². The maximum Gasteiger partial charge on any atom is 0.419 e. The summed E-state index contributed by atoms with van der Waals surface area (Å²) >= 11 is 0. The summed E-state index contributed by atoms with van der Waals surface area (Å²) in [5.41, 5.74) is -1.62. The van der Waals surface area contributed by atoms with Gasteiger partial charge in [-0.25, -0.2) is 4.39 Å². The standard InChI is InChI=1S/C20H24F4N2O2/c21-17-7-6-14(12-16(17)20(22,23)24)19(28)26-10-8-15(9-11-26)25-18(27)13-4-2-1-3-5-13/h6-7,12-13,15H,1-5,8-11H2,(H,25,27). The van der Waals surface area contributed by atoms with Crippen LogP contribution in [0.2, 0.25) is 0 Å². The number of alkyl halides is 3. The molecular weight excluding hydrogens is 376 g/mol. The van der Waals surface area contributed by atoms with E-state index in [1.54, 1.807) is 0 Å². The number of piperidine rings is 1. The molecule has 1 heterocycles. The Balaban J connectivity index is 1.56. The number of amides is 2. The van der Waals surface area contributed by atoms with E-state index in [2.05, 4.69) is 5.32 Å². The van der Waals surface area contributed by atoms with Crippen molar-refractivity contribution >= 4 is 11.8 Å². The second-order valence-corrected chi connectivity index (χ2v) is 7.60. The molecule has 0 spiro atoms. The molecule has 1 N–H and O–H groups in total. The van der Waals surface area contributed by atoms with Crippen LogP contribution >= 0.6 is 0 Å². The summed E-state index contributed by atoms with van der Waals surface area (Å²) in [6, 6.07) is 2.28. The number of nitrogens with one attached hydrogen (secondary N) is 1. The normalized spacial score (nSPS) is 19.5. The van der Waals surface area contributed by atoms with E-state index in [1.807, 2.05) is 0 Å². The zero-order chi connectivity index (χ0) is 20.3. The van der Waals surface area contributed by atoms with Crippen molar-refractivity contribution in [2.24, 2.45) is 5.92 Å². The molecule has 4 nitrogen and oxygen atoms in total. The van der Waals surface area contributed by atoms with Crippen molar-refractivity contribution in [3.63, 3.8) is 0 Å². The molecule has 1 aromatic carbocycles. The summed E-state index contributed by atoms with van der Waals surface area (Å²) in [6.07, 6.45) is 1.39. The van der Waals surface area contributed by atoms with Gasteiger partial charge in [0.2, 0.25) is 5.91 Å². The van der Waals surface area contributed by atoms with E-state index in [4.69, 9.17) is 0 Å². The third kappa shape index (κ3) is 4.83. The monoisotopic (exact) mass is 400 g/mol. The second kappa shape index (κ2) is 8.49. The summed E-state index contributed by atoms with van der Waals surface area (Å²) in [6.45, 7) is 0.681. The average Bonchev–Trinajstić information content (AvgIpc) is 2.68. The number of benzene rings is 1. The maximum atomic E-state index is 13.4. The Bertz CT molecular complexity index is 721. The minimum atomic E-state index is -4.85. The van der Waals surface area contributed by atoms with E-state index in [9.17, 15) is 27.2 Å². The molecule has 0 radical (unpaired) electrons. The van der Waals surface area contributed by atoms with Crippen LogP contribution in [0.15, 0.2) is 18.2 Å². The fourth-order valence-electron chi connectivity index (χ4n) is 3.97. The van der Waals surface area contributed by atoms with Crippen molar-refractivity contribution in [3.05, 3.63) is 35.1 Å². The smallest absolute Gasteiger partial charge is 0.353 e. The number of rotatable bonds is 3. The highest BCUT2D eigenvalue weighted by Gasteiger charge is 2.35. The highest BCUT2D eigenvalue weighted by atomic mass is 19.4. The Kier molecular flexibility index (Phi) is 6.25. The molecule has 1 saturated carbocycles. The number of likely N-dealkylation sites (tertiary alicyclic amines) is 1. The lowest BCUT2D eigenvalue weighted by molar-refractivity contribution is -0.140. The Morgan fingerprint density at radius 1 is 1.00 bits per heavy atom. The number of hydrogen-bond donors (Lipinski definition) is 1. The summed E-state index contributed by atoms with van der Waals surface area (Å²) < 4.78 is 52.0. The van der Waals surface area contributed by atoms with Gasteiger partial charge in [0.15, 0.2) is 0 Å².